The number of amides is 3. The Balaban J connectivity index is 1.32. The van der Waals surface area contributed by atoms with E-state index in [1.807, 2.05) is 0 Å². The summed E-state index contributed by atoms with van der Waals surface area (Å²) < 4.78 is 7.20. The van der Waals surface area contributed by atoms with Gasteiger partial charge in [-0.05, 0) is 37.1 Å². The zero-order valence-corrected chi connectivity index (χ0v) is 17.6. The van der Waals surface area contributed by atoms with Gasteiger partial charge in [0.2, 0.25) is 5.82 Å². The first-order valence-corrected chi connectivity index (χ1v) is 10.5. The second-order valence-electron chi connectivity index (χ2n) is 8.35. The second kappa shape index (κ2) is 6.83. The number of benzene rings is 2. The largest absolute Gasteiger partial charge is 0.334 e. The van der Waals surface area contributed by atoms with E-state index in [0.29, 0.717) is 45.9 Å². The third-order valence-corrected chi connectivity index (χ3v) is 6.25. The maximum Gasteiger partial charge on any atom is 0.322 e. The Bertz CT molecular complexity index is 1520. The lowest BCUT2D eigenvalue weighted by Gasteiger charge is -2.20. The zero-order chi connectivity index (χ0) is 22.7. The third-order valence-electron chi connectivity index (χ3n) is 6.25. The summed E-state index contributed by atoms with van der Waals surface area (Å²) in [5, 5.41) is 9.52. The maximum absolute atomic E-state index is 12.7. The van der Waals surface area contributed by atoms with Crippen LogP contribution in [0, 0.1) is 0 Å². The molecular formula is C23H18N6O4. The lowest BCUT2D eigenvalue weighted by atomic mass is 9.91. The number of aryl methyl sites for hydroxylation is 1. The van der Waals surface area contributed by atoms with E-state index < -0.39 is 17.5 Å². The summed E-state index contributed by atoms with van der Waals surface area (Å²) in [6.07, 6.45) is 1.72. The van der Waals surface area contributed by atoms with Crippen LogP contribution in [0.5, 0.6) is 0 Å². The summed E-state index contributed by atoms with van der Waals surface area (Å²) in [5.41, 5.74) is 1.46. The molecule has 4 heterocycles. The Hall–Kier alpha value is -4.34. The number of carbonyl (C=O) groups excluding carboxylic acids is 2. The van der Waals surface area contributed by atoms with Crippen molar-refractivity contribution in [1.82, 2.24) is 30.3 Å². The Morgan fingerprint density at radius 2 is 1.82 bits per heavy atom. The summed E-state index contributed by atoms with van der Waals surface area (Å²) in [6.45, 7) is 2.35. The van der Waals surface area contributed by atoms with E-state index in [1.165, 1.54) is 0 Å². The normalized spacial score (nSPS) is 19.5. The van der Waals surface area contributed by atoms with Crippen LogP contribution >= 0.6 is 0 Å². The van der Waals surface area contributed by atoms with Gasteiger partial charge in [0.25, 0.3) is 17.4 Å². The molecule has 164 valence electrons. The zero-order valence-electron chi connectivity index (χ0n) is 17.6. The molecule has 3 amide bonds. The molecule has 2 aliphatic rings. The molecule has 1 unspecified atom stereocenters. The van der Waals surface area contributed by atoms with E-state index in [-0.39, 0.29) is 5.56 Å². The molecular weight excluding hydrogens is 424 g/mol. The van der Waals surface area contributed by atoms with Crippen LogP contribution in [0.4, 0.5) is 4.79 Å². The van der Waals surface area contributed by atoms with Crippen molar-refractivity contribution in [2.75, 3.05) is 0 Å². The van der Waals surface area contributed by atoms with Gasteiger partial charge in [-0.15, -0.1) is 0 Å². The Morgan fingerprint density at radius 1 is 1.03 bits per heavy atom. The van der Waals surface area contributed by atoms with E-state index in [9.17, 15) is 14.4 Å². The highest BCUT2D eigenvalue weighted by Crippen LogP contribution is 2.28. The molecule has 0 saturated carbocycles. The van der Waals surface area contributed by atoms with E-state index in [0.717, 1.165) is 18.7 Å². The van der Waals surface area contributed by atoms with Crippen LogP contribution in [0.15, 0.2) is 51.8 Å². The van der Waals surface area contributed by atoms with Gasteiger partial charge in [-0.1, -0.05) is 29.4 Å². The lowest BCUT2D eigenvalue weighted by Crippen LogP contribution is -2.40. The van der Waals surface area contributed by atoms with Gasteiger partial charge < -0.3 is 9.84 Å². The Morgan fingerprint density at radius 3 is 2.58 bits per heavy atom. The fourth-order valence-electron chi connectivity index (χ4n) is 4.37. The Kier molecular flexibility index (Phi) is 4.00. The van der Waals surface area contributed by atoms with Crippen LogP contribution in [-0.4, -0.2) is 31.6 Å². The number of urea groups is 1. The summed E-state index contributed by atoms with van der Waals surface area (Å²) in [6, 6.07) is 11.8. The number of nitrogens with zero attached hydrogens (tertiary/aromatic N) is 4. The molecule has 1 atom stereocenters. The van der Waals surface area contributed by atoms with Gasteiger partial charge in [-0.2, -0.15) is 4.98 Å². The molecule has 0 bridgehead atoms. The number of hydrogen-bond acceptors (Lipinski definition) is 7. The average Bonchev–Trinajstić information content (AvgIpc) is 3.54. The average molecular weight is 442 g/mol. The van der Waals surface area contributed by atoms with Crippen molar-refractivity contribution in [3.05, 3.63) is 64.2 Å². The quantitative estimate of drug-likeness (QED) is 0.465. The molecule has 0 spiro atoms. The van der Waals surface area contributed by atoms with Crippen molar-refractivity contribution < 1.29 is 14.1 Å². The van der Waals surface area contributed by atoms with Gasteiger partial charge in [0, 0.05) is 24.1 Å². The molecule has 4 aromatic rings. The van der Waals surface area contributed by atoms with Crippen molar-refractivity contribution >= 4 is 22.8 Å². The first-order valence-electron chi connectivity index (χ1n) is 10.5. The van der Waals surface area contributed by atoms with Crippen LogP contribution in [0.3, 0.4) is 0 Å². The predicted molar refractivity (Wildman–Crippen MR) is 117 cm³/mol. The molecule has 0 aliphatic carbocycles. The minimum atomic E-state index is -1.13. The standard InChI is InChI=1S/C23H18N6O4/c1-23(21(31)26-22(32)27-23)14-7-4-12(5-8-14)18-25-19(33-28-18)13-6-9-15-16(11-13)24-17-3-2-10-29(17)20(15)30/h4-9,11H,2-3,10H2,1H3,(H2,26,27,31,32). The number of aromatic nitrogens is 4. The number of hydrogen-bond donors (Lipinski definition) is 2. The summed E-state index contributed by atoms with van der Waals surface area (Å²) >= 11 is 0. The van der Waals surface area contributed by atoms with Crippen LogP contribution in [-0.2, 0) is 23.3 Å². The van der Waals surface area contributed by atoms with E-state index >= 15 is 0 Å². The van der Waals surface area contributed by atoms with Crippen LogP contribution < -0.4 is 16.2 Å². The molecule has 1 fully saturated rings. The molecule has 2 N–H and O–H groups in total. The lowest BCUT2D eigenvalue weighted by molar-refractivity contribution is -0.123. The minimum absolute atomic E-state index is 0.0220. The van der Waals surface area contributed by atoms with Crippen LogP contribution in [0.2, 0.25) is 0 Å². The molecule has 10 heteroatoms. The Labute approximate surface area is 186 Å². The van der Waals surface area contributed by atoms with Gasteiger partial charge in [0.05, 0.1) is 10.9 Å². The SMILES string of the molecule is CC1(c2ccc(-c3noc(-c4ccc5c(=O)n6c(nc5c4)CCC6)n3)cc2)NC(=O)NC1=O. The van der Waals surface area contributed by atoms with Crippen molar-refractivity contribution in [3.8, 4) is 22.8 Å². The number of fused-ring (bicyclic) bond motifs is 2. The molecule has 1 saturated heterocycles. The monoisotopic (exact) mass is 442 g/mol. The highest BCUT2D eigenvalue weighted by atomic mass is 16.5. The highest BCUT2D eigenvalue weighted by molar-refractivity contribution is 6.07. The van der Waals surface area contributed by atoms with Gasteiger partial charge in [0.1, 0.15) is 11.4 Å². The van der Waals surface area contributed by atoms with Gasteiger partial charge in [-0.3, -0.25) is 19.5 Å². The number of carbonyl (C=O) groups is 2. The predicted octanol–water partition coefficient (Wildman–Crippen LogP) is 2.11. The minimum Gasteiger partial charge on any atom is -0.334 e. The topological polar surface area (TPSA) is 132 Å². The number of rotatable bonds is 3. The first kappa shape index (κ1) is 19.4. The van der Waals surface area contributed by atoms with Crippen LogP contribution in [0.1, 0.15) is 24.7 Å². The number of imide groups is 1. The fraction of sp³-hybridized carbons (Fsp3) is 0.217. The van der Waals surface area contributed by atoms with E-state index in [4.69, 9.17) is 4.52 Å². The molecule has 2 aromatic carbocycles. The summed E-state index contributed by atoms with van der Waals surface area (Å²) in [5.74, 6) is 1.09. The van der Waals surface area contributed by atoms with Crippen molar-refractivity contribution in [2.24, 2.45) is 0 Å². The van der Waals surface area contributed by atoms with E-state index in [2.05, 4.69) is 25.8 Å². The molecule has 10 nitrogen and oxygen atoms in total. The van der Waals surface area contributed by atoms with Crippen molar-refractivity contribution in [3.63, 3.8) is 0 Å². The molecule has 2 aromatic heterocycles. The third kappa shape index (κ3) is 2.94. The van der Waals surface area contributed by atoms with Crippen molar-refractivity contribution in [2.45, 2.75) is 31.8 Å². The van der Waals surface area contributed by atoms with Crippen molar-refractivity contribution in [1.29, 1.82) is 0 Å². The molecule has 6 rings (SSSR count). The van der Waals surface area contributed by atoms with Gasteiger partial charge >= 0.3 is 6.03 Å². The fourth-order valence-corrected chi connectivity index (χ4v) is 4.37. The molecule has 0 radical (unpaired) electrons. The molecule has 2 aliphatic heterocycles. The maximum atomic E-state index is 12.7. The van der Waals surface area contributed by atoms with E-state index in [1.54, 1.807) is 54.0 Å². The molecule has 33 heavy (non-hydrogen) atoms. The second-order valence-corrected chi connectivity index (χ2v) is 8.35. The first-order chi connectivity index (χ1) is 15.9. The highest BCUT2D eigenvalue weighted by Gasteiger charge is 2.43. The summed E-state index contributed by atoms with van der Waals surface area (Å²) in [4.78, 5) is 45.5. The van der Waals surface area contributed by atoms with Crippen LogP contribution in [0.25, 0.3) is 33.7 Å². The van der Waals surface area contributed by atoms with Gasteiger partial charge in [0.15, 0.2) is 0 Å². The number of nitrogens with one attached hydrogen (secondary N) is 2. The summed E-state index contributed by atoms with van der Waals surface area (Å²) in [7, 11) is 0. The van der Waals surface area contributed by atoms with Gasteiger partial charge in [-0.25, -0.2) is 9.78 Å². The smallest absolute Gasteiger partial charge is 0.322 e.